The first-order valence-electron chi connectivity index (χ1n) is 6.35. The fourth-order valence-corrected chi connectivity index (χ4v) is 2.57. The van der Waals surface area contributed by atoms with Crippen LogP contribution < -0.4 is 10.2 Å². The molecule has 0 aromatic heterocycles. The molecule has 0 aliphatic heterocycles. The fourth-order valence-electron chi connectivity index (χ4n) is 2.09. The molecule has 0 amide bonds. The number of nitrogens with zero attached hydrogens (tertiary/aromatic N) is 1. The van der Waals surface area contributed by atoms with Gasteiger partial charge in [0.05, 0.1) is 10.7 Å². The third-order valence-corrected chi connectivity index (χ3v) is 3.69. The van der Waals surface area contributed by atoms with Gasteiger partial charge in [0.1, 0.15) is 0 Å². The van der Waals surface area contributed by atoms with Gasteiger partial charge in [0.25, 0.3) is 0 Å². The quantitative estimate of drug-likeness (QED) is 0.803. The van der Waals surface area contributed by atoms with Gasteiger partial charge >= 0.3 is 0 Å². The van der Waals surface area contributed by atoms with E-state index in [1.807, 2.05) is 36.2 Å². The van der Waals surface area contributed by atoms with Crippen molar-refractivity contribution in [1.82, 2.24) is 0 Å². The van der Waals surface area contributed by atoms with Crippen molar-refractivity contribution in [3.63, 3.8) is 0 Å². The summed E-state index contributed by atoms with van der Waals surface area (Å²) in [7, 11) is 1.90. The van der Waals surface area contributed by atoms with Gasteiger partial charge in [-0.15, -0.1) is 0 Å². The highest BCUT2D eigenvalue weighted by molar-refractivity contribution is 7.80. The standard InChI is InChI=1S/C16H17ClN2S/c1-11-8-12(2)10-13(9-11)18-16(20)19(3)15-7-5-4-6-14(15)17/h4-10H,1-3H3,(H,18,20). The van der Waals surface area contributed by atoms with E-state index in [0.717, 1.165) is 11.4 Å². The molecule has 0 bridgehead atoms. The van der Waals surface area contributed by atoms with E-state index >= 15 is 0 Å². The Balaban J connectivity index is 2.18. The maximum Gasteiger partial charge on any atom is 0.177 e. The Morgan fingerprint density at radius 1 is 1.10 bits per heavy atom. The molecule has 2 rings (SSSR count). The number of hydrogen-bond acceptors (Lipinski definition) is 1. The highest BCUT2D eigenvalue weighted by Gasteiger charge is 2.10. The lowest BCUT2D eigenvalue weighted by Gasteiger charge is -2.22. The molecule has 2 aromatic rings. The predicted molar refractivity (Wildman–Crippen MR) is 92.0 cm³/mol. The van der Waals surface area contributed by atoms with Gasteiger partial charge in [0.2, 0.25) is 0 Å². The molecule has 0 saturated carbocycles. The number of thiocarbonyl (C=S) groups is 1. The van der Waals surface area contributed by atoms with Gasteiger partial charge in [-0.2, -0.15) is 0 Å². The zero-order chi connectivity index (χ0) is 14.7. The molecular weight excluding hydrogens is 288 g/mol. The number of aryl methyl sites for hydroxylation is 2. The van der Waals surface area contributed by atoms with Gasteiger partial charge in [-0.05, 0) is 61.5 Å². The highest BCUT2D eigenvalue weighted by atomic mass is 35.5. The summed E-state index contributed by atoms with van der Waals surface area (Å²) in [6.45, 7) is 4.14. The Morgan fingerprint density at radius 2 is 1.70 bits per heavy atom. The normalized spacial score (nSPS) is 10.2. The van der Waals surface area contributed by atoms with Gasteiger partial charge in [-0.25, -0.2) is 0 Å². The van der Waals surface area contributed by atoms with E-state index in [2.05, 4.69) is 37.4 Å². The Hall–Kier alpha value is -1.58. The summed E-state index contributed by atoms with van der Waals surface area (Å²) in [4.78, 5) is 1.87. The molecule has 20 heavy (non-hydrogen) atoms. The van der Waals surface area contributed by atoms with Crippen molar-refractivity contribution in [3.8, 4) is 0 Å². The van der Waals surface area contributed by atoms with Crippen LogP contribution in [0.15, 0.2) is 42.5 Å². The van der Waals surface area contributed by atoms with Crippen molar-refractivity contribution >= 4 is 40.3 Å². The molecule has 0 fully saturated rings. The summed E-state index contributed by atoms with van der Waals surface area (Å²) in [6, 6.07) is 13.9. The molecule has 2 aromatic carbocycles. The average Bonchev–Trinajstić information content (AvgIpc) is 2.37. The molecule has 2 nitrogen and oxygen atoms in total. The predicted octanol–water partition coefficient (Wildman–Crippen LogP) is 4.79. The van der Waals surface area contributed by atoms with E-state index < -0.39 is 0 Å². The van der Waals surface area contributed by atoms with E-state index in [9.17, 15) is 0 Å². The van der Waals surface area contributed by atoms with Crippen LogP contribution in [0.25, 0.3) is 0 Å². The summed E-state index contributed by atoms with van der Waals surface area (Å²) >= 11 is 11.6. The van der Waals surface area contributed by atoms with Gasteiger partial charge in [0.15, 0.2) is 5.11 Å². The molecule has 0 saturated heterocycles. The lowest BCUT2D eigenvalue weighted by molar-refractivity contribution is 1.27. The third kappa shape index (κ3) is 3.50. The molecule has 0 aliphatic carbocycles. The molecule has 4 heteroatoms. The number of nitrogens with one attached hydrogen (secondary N) is 1. The Labute approximate surface area is 130 Å². The molecule has 1 N–H and O–H groups in total. The molecule has 0 spiro atoms. The summed E-state index contributed by atoms with van der Waals surface area (Å²) in [6.07, 6.45) is 0. The molecule has 0 heterocycles. The van der Waals surface area contributed by atoms with E-state index in [1.165, 1.54) is 11.1 Å². The molecule has 0 atom stereocenters. The summed E-state index contributed by atoms with van der Waals surface area (Å²) in [5, 5.41) is 4.54. The summed E-state index contributed by atoms with van der Waals surface area (Å²) < 4.78 is 0. The Bertz CT molecular complexity index is 620. The minimum atomic E-state index is 0.614. The number of rotatable bonds is 2. The molecule has 0 radical (unpaired) electrons. The number of benzene rings is 2. The SMILES string of the molecule is Cc1cc(C)cc(NC(=S)N(C)c2ccccc2Cl)c1. The topological polar surface area (TPSA) is 15.3 Å². The van der Waals surface area contributed by atoms with E-state index in [1.54, 1.807) is 0 Å². The van der Waals surface area contributed by atoms with Crippen molar-refractivity contribution < 1.29 is 0 Å². The molecular formula is C16H17ClN2S. The minimum Gasteiger partial charge on any atom is -0.332 e. The average molecular weight is 305 g/mol. The van der Waals surface area contributed by atoms with Crippen LogP contribution in [-0.4, -0.2) is 12.2 Å². The van der Waals surface area contributed by atoms with Crippen LogP contribution in [-0.2, 0) is 0 Å². The van der Waals surface area contributed by atoms with Crippen molar-refractivity contribution in [1.29, 1.82) is 0 Å². The van der Waals surface area contributed by atoms with E-state index in [4.69, 9.17) is 23.8 Å². The zero-order valence-electron chi connectivity index (χ0n) is 11.8. The number of anilines is 2. The van der Waals surface area contributed by atoms with Gasteiger partial charge in [0, 0.05) is 12.7 Å². The van der Waals surface area contributed by atoms with Crippen molar-refractivity contribution in [2.45, 2.75) is 13.8 Å². The third-order valence-electron chi connectivity index (χ3n) is 2.99. The first-order valence-corrected chi connectivity index (χ1v) is 7.13. The Kier molecular flexibility index (Phi) is 4.63. The second kappa shape index (κ2) is 6.25. The van der Waals surface area contributed by atoms with Gasteiger partial charge in [-0.1, -0.05) is 29.8 Å². The lowest BCUT2D eigenvalue weighted by atomic mass is 10.1. The Morgan fingerprint density at radius 3 is 2.30 bits per heavy atom. The van der Waals surface area contributed by atoms with Crippen LogP contribution in [0, 0.1) is 13.8 Å². The van der Waals surface area contributed by atoms with Crippen LogP contribution >= 0.6 is 23.8 Å². The minimum absolute atomic E-state index is 0.614. The summed E-state index contributed by atoms with van der Waals surface area (Å²) in [5.74, 6) is 0. The van der Waals surface area contributed by atoms with Crippen LogP contribution in [0.1, 0.15) is 11.1 Å². The van der Waals surface area contributed by atoms with Crippen molar-refractivity contribution in [2.75, 3.05) is 17.3 Å². The second-order valence-electron chi connectivity index (χ2n) is 4.82. The number of para-hydroxylation sites is 1. The maximum atomic E-state index is 6.19. The first-order chi connectivity index (χ1) is 9.47. The largest absolute Gasteiger partial charge is 0.332 e. The van der Waals surface area contributed by atoms with Crippen LogP contribution in [0.4, 0.5) is 11.4 Å². The van der Waals surface area contributed by atoms with Gasteiger partial charge < -0.3 is 10.2 Å². The number of hydrogen-bond donors (Lipinski definition) is 1. The monoisotopic (exact) mass is 304 g/mol. The smallest absolute Gasteiger partial charge is 0.177 e. The van der Waals surface area contributed by atoms with E-state index in [0.29, 0.717) is 10.1 Å². The first kappa shape index (κ1) is 14.8. The zero-order valence-corrected chi connectivity index (χ0v) is 13.3. The number of halogens is 1. The van der Waals surface area contributed by atoms with E-state index in [-0.39, 0.29) is 0 Å². The van der Waals surface area contributed by atoms with Gasteiger partial charge in [-0.3, -0.25) is 0 Å². The summed E-state index contributed by atoms with van der Waals surface area (Å²) in [5.41, 5.74) is 4.29. The molecule has 0 unspecified atom stereocenters. The lowest BCUT2D eigenvalue weighted by Crippen LogP contribution is -2.31. The fraction of sp³-hybridized carbons (Fsp3) is 0.188. The maximum absolute atomic E-state index is 6.19. The van der Waals surface area contributed by atoms with Crippen LogP contribution in [0.5, 0.6) is 0 Å². The van der Waals surface area contributed by atoms with Crippen molar-refractivity contribution in [3.05, 3.63) is 58.6 Å². The van der Waals surface area contributed by atoms with Crippen LogP contribution in [0.2, 0.25) is 5.02 Å². The molecule has 104 valence electrons. The highest BCUT2D eigenvalue weighted by Crippen LogP contribution is 2.25. The molecule has 0 aliphatic rings. The second-order valence-corrected chi connectivity index (χ2v) is 5.61. The van der Waals surface area contributed by atoms with Crippen molar-refractivity contribution in [2.24, 2.45) is 0 Å². The van der Waals surface area contributed by atoms with Crippen LogP contribution in [0.3, 0.4) is 0 Å².